The van der Waals surface area contributed by atoms with Gasteiger partial charge in [-0.2, -0.15) is 0 Å². The van der Waals surface area contributed by atoms with Gasteiger partial charge in [0.05, 0.1) is 12.2 Å². The summed E-state index contributed by atoms with van der Waals surface area (Å²) in [5, 5.41) is 5.60. The Morgan fingerprint density at radius 3 is 2.48 bits per heavy atom. The Balaban J connectivity index is 1.73. The van der Waals surface area contributed by atoms with Gasteiger partial charge < -0.3 is 4.90 Å². The van der Waals surface area contributed by atoms with Crippen LogP contribution in [0.5, 0.6) is 0 Å². The summed E-state index contributed by atoms with van der Waals surface area (Å²) in [5.41, 5.74) is 4.07. The van der Waals surface area contributed by atoms with E-state index in [1.54, 1.807) is 16.5 Å². The monoisotopic (exact) mass is 372 g/mol. The maximum Gasteiger partial charge on any atom is 0.280 e. The minimum atomic E-state index is -0.195. The van der Waals surface area contributed by atoms with Crippen molar-refractivity contribution >= 4 is 23.1 Å². The topological polar surface area (TPSA) is 59.0 Å². The van der Waals surface area contributed by atoms with Crippen LogP contribution in [-0.4, -0.2) is 20.5 Å². The van der Waals surface area contributed by atoms with Crippen molar-refractivity contribution < 1.29 is 4.79 Å². The summed E-state index contributed by atoms with van der Waals surface area (Å²) in [7, 11) is 0. The molecule has 0 aliphatic heterocycles. The molecular weight excluding hydrogens is 356 g/mol. The molecule has 5 nitrogen and oxygen atoms in total. The summed E-state index contributed by atoms with van der Waals surface area (Å²) >= 11 is 1.16. The van der Waals surface area contributed by atoms with Gasteiger partial charge in [-0.15, -0.1) is 5.10 Å². The van der Waals surface area contributed by atoms with Crippen molar-refractivity contribution in [3.8, 4) is 11.1 Å². The maximum absolute atomic E-state index is 13.1. The van der Waals surface area contributed by atoms with Gasteiger partial charge in [0.2, 0.25) is 0 Å². The summed E-state index contributed by atoms with van der Waals surface area (Å²) in [6, 6.07) is 23.7. The minimum absolute atomic E-state index is 0.195. The lowest BCUT2D eigenvalue weighted by atomic mass is 10.0. The van der Waals surface area contributed by atoms with Crippen molar-refractivity contribution in [3.63, 3.8) is 0 Å². The van der Waals surface area contributed by atoms with Gasteiger partial charge in [-0.25, -0.2) is 0 Å². The number of hydrogen-bond acceptors (Lipinski definition) is 5. The number of benzene rings is 2. The van der Waals surface area contributed by atoms with Crippen LogP contribution in [0.15, 0.2) is 84.4 Å². The molecule has 6 heteroatoms. The summed E-state index contributed by atoms with van der Waals surface area (Å²) in [4.78, 5) is 19.1. The molecule has 0 fully saturated rings. The van der Waals surface area contributed by atoms with Crippen LogP contribution < -0.4 is 4.90 Å². The number of aromatic nitrogens is 3. The van der Waals surface area contributed by atoms with Crippen LogP contribution in [0, 0.1) is 0 Å². The van der Waals surface area contributed by atoms with Crippen LogP contribution in [0.2, 0.25) is 0 Å². The molecule has 4 rings (SSSR count). The van der Waals surface area contributed by atoms with Gasteiger partial charge in [0, 0.05) is 17.3 Å². The third-order valence-corrected chi connectivity index (χ3v) is 4.64. The largest absolute Gasteiger partial charge is 0.301 e. The Kier molecular flexibility index (Phi) is 4.98. The molecule has 0 bridgehead atoms. The van der Waals surface area contributed by atoms with E-state index in [0.29, 0.717) is 12.2 Å². The van der Waals surface area contributed by atoms with Crippen LogP contribution in [0.4, 0.5) is 5.69 Å². The van der Waals surface area contributed by atoms with E-state index in [1.807, 2.05) is 72.8 Å². The molecule has 0 saturated heterocycles. The number of hydrogen-bond donors (Lipinski definition) is 0. The fourth-order valence-electron chi connectivity index (χ4n) is 2.81. The number of amides is 1. The number of rotatable bonds is 5. The molecule has 132 valence electrons. The van der Waals surface area contributed by atoms with Crippen LogP contribution in [-0.2, 0) is 6.54 Å². The van der Waals surface area contributed by atoms with Gasteiger partial charge in [0.1, 0.15) is 0 Å². The molecule has 0 aliphatic carbocycles. The highest BCUT2D eigenvalue weighted by molar-refractivity contribution is 7.03. The fourth-order valence-corrected chi connectivity index (χ4v) is 3.24. The van der Waals surface area contributed by atoms with Gasteiger partial charge in [0.25, 0.3) is 5.91 Å². The molecule has 0 radical (unpaired) electrons. The number of pyridine rings is 1. The molecule has 0 spiro atoms. The zero-order valence-electron chi connectivity index (χ0n) is 14.4. The normalized spacial score (nSPS) is 10.5. The Bertz CT molecular complexity index is 1020. The highest BCUT2D eigenvalue weighted by Gasteiger charge is 2.21. The summed E-state index contributed by atoms with van der Waals surface area (Å²) in [6.07, 6.45) is 1.72. The van der Waals surface area contributed by atoms with Gasteiger partial charge >= 0.3 is 0 Å². The van der Waals surface area contributed by atoms with E-state index in [9.17, 15) is 4.79 Å². The van der Waals surface area contributed by atoms with Crippen molar-refractivity contribution in [1.29, 1.82) is 0 Å². The summed E-state index contributed by atoms with van der Waals surface area (Å²) in [5.74, 6) is -0.195. The molecule has 0 atom stereocenters. The second-order valence-electron chi connectivity index (χ2n) is 5.92. The first-order valence-corrected chi connectivity index (χ1v) is 9.29. The van der Waals surface area contributed by atoms with Gasteiger partial charge in [0.15, 0.2) is 5.69 Å². The van der Waals surface area contributed by atoms with Crippen LogP contribution in [0.25, 0.3) is 11.1 Å². The van der Waals surface area contributed by atoms with Crippen LogP contribution >= 0.6 is 11.5 Å². The van der Waals surface area contributed by atoms with Gasteiger partial charge in [-0.1, -0.05) is 53.0 Å². The predicted molar refractivity (Wildman–Crippen MR) is 107 cm³/mol. The summed E-state index contributed by atoms with van der Waals surface area (Å²) in [6.45, 7) is 0.357. The minimum Gasteiger partial charge on any atom is -0.301 e. The van der Waals surface area contributed by atoms with E-state index in [-0.39, 0.29) is 5.91 Å². The molecule has 1 amide bonds. The van der Waals surface area contributed by atoms with Crippen molar-refractivity contribution in [3.05, 3.63) is 95.8 Å². The molecule has 2 aromatic carbocycles. The smallest absolute Gasteiger partial charge is 0.280 e. The first-order valence-electron chi connectivity index (χ1n) is 8.45. The highest BCUT2D eigenvalue weighted by atomic mass is 32.1. The SMILES string of the molecule is O=C(c1csnn1)N(Cc1ccccn1)c1cccc(-c2ccccc2)c1. The molecule has 0 aliphatic rings. The quantitative estimate of drug-likeness (QED) is 0.519. The van der Waals surface area contributed by atoms with Crippen molar-refractivity contribution in [2.45, 2.75) is 6.54 Å². The first kappa shape index (κ1) is 17.1. The van der Waals surface area contributed by atoms with E-state index >= 15 is 0 Å². The molecule has 0 N–H and O–H groups in total. The van der Waals surface area contributed by atoms with Gasteiger partial charge in [-0.3, -0.25) is 9.78 Å². The second kappa shape index (κ2) is 7.88. The average Bonchev–Trinajstić information content (AvgIpc) is 3.28. The lowest BCUT2D eigenvalue weighted by molar-refractivity contribution is 0.0980. The van der Waals surface area contributed by atoms with E-state index in [2.05, 4.69) is 14.6 Å². The number of anilines is 1. The van der Waals surface area contributed by atoms with E-state index < -0.39 is 0 Å². The van der Waals surface area contributed by atoms with Crippen LogP contribution in [0.1, 0.15) is 16.2 Å². The number of carbonyl (C=O) groups is 1. The number of carbonyl (C=O) groups excluding carboxylic acids is 1. The molecule has 0 saturated carbocycles. The Morgan fingerprint density at radius 2 is 1.74 bits per heavy atom. The molecule has 4 aromatic rings. The molecular formula is C21H16N4OS. The Morgan fingerprint density at radius 1 is 0.926 bits per heavy atom. The molecule has 2 aromatic heterocycles. The van der Waals surface area contributed by atoms with E-state index in [4.69, 9.17) is 0 Å². The zero-order valence-corrected chi connectivity index (χ0v) is 15.2. The summed E-state index contributed by atoms with van der Waals surface area (Å²) < 4.78 is 3.82. The lowest BCUT2D eigenvalue weighted by Gasteiger charge is -2.22. The first-order chi connectivity index (χ1) is 13.3. The molecule has 2 heterocycles. The van der Waals surface area contributed by atoms with E-state index in [1.165, 1.54) is 0 Å². The fraction of sp³-hybridized carbons (Fsp3) is 0.0476. The van der Waals surface area contributed by atoms with Gasteiger partial charge in [-0.05, 0) is 46.9 Å². The Labute approximate surface area is 161 Å². The maximum atomic E-state index is 13.1. The van der Waals surface area contributed by atoms with Crippen molar-refractivity contribution in [1.82, 2.24) is 14.6 Å². The third-order valence-electron chi connectivity index (χ3n) is 4.14. The third kappa shape index (κ3) is 3.91. The standard InChI is InChI=1S/C21H16N4OS/c26-21(20-15-27-24-23-20)25(14-18-10-4-5-12-22-18)19-11-6-9-17(13-19)16-7-2-1-3-8-16/h1-13,15H,14H2. The molecule has 0 unspecified atom stereocenters. The molecule has 27 heavy (non-hydrogen) atoms. The predicted octanol–water partition coefficient (Wildman–Crippen LogP) is 4.45. The highest BCUT2D eigenvalue weighted by Crippen LogP contribution is 2.26. The zero-order chi connectivity index (χ0) is 18.5. The van der Waals surface area contributed by atoms with Crippen molar-refractivity contribution in [2.24, 2.45) is 0 Å². The second-order valence-corrected chi connectivity index (χ2v) is 6.53. The Hall–Kier alpha value is -3.38. The van der Waals surface area contributed by atoms with Crippen molar-refractivity contribution in [2.75, 3.05) is 4.90 Å². The number of nitrogens with zero attached hydrogens (tertiary/aromatic N) is 4. The van der Waals surface area contributed by atoms with Crippen LogP contribution in [0.3, 0.4) is 0 Å². The lowest BCUT2D eigenvalue weighted by Crippen LogP contribution is -2.31. The average molecular weight is 372 g/mol. The van der Waals surface area contributed by atoms with E-state index in [0.717, 1.165) is 34.0 Å².